The maximum Gasteiger partial charge on any atom is 0.322 e. The van der Waals surface area contributed by atoms with E-state index in [2.05, 4.69) is 0 Å². The minimum atomic E-state index is -1.23. The van der Waals surface area contributed by atoms with Gasteiger partial charge >= 0.3 is 5.97 Å². The number of aliphatic carboxylic acids is 1. The van der Waals surface area contributed by atoms with Crippen LogP contribution in [-0.4, -0.2) is 23.0 Å². The van der Waals surface area contributed by atoms with Crippen LogP contribution in [0, 0.1) is 0 Å². The van der Waals surface area contributed by atoms with Gasteiger partial charge in [0.15, 0.2) is 0 Å². The topological polar surface area (TPSA) is 104 Å². The summed E-state index contributed by atoms with van der Waals surface area (Å²) >= 11 is 0. The molecule has 57 valence electrons. The second-order valence-electron chi connectivity index (χ2n) is 1.90. The van der Waals surface area contributed by atoms with E-state index in [0.29, 0.717) is 0 Å². The molecule has 0 unspecified atom stereocenters. The largest absolute Gasteiger partial charge is 0.480 e. The van der Waals surface area contributed by atoms with Gasteiger partial charge in [0, 0.05) is 6.42 Å². The molecule has 4 N–H and O–H groups in total. The second kappa shape index (κ2) is 3.84. The summed E-state index contributed by atoms with van der Waals surface area (Å²) < 4.78 is 0. The number of amides is 1. The molecule has 0 saturated heterocycles. The Morgan fingerprint density at radius 1 is 1.60 bits per heavy atom. The van der Waals surface area contributed by atoms with Crippen molar-refractivity contribution in [2.45, 2.75) is 18.9 Å². The summed E-state index contributed by atoms with van der Waals surface area (Å²) in [6, 6.07) is -1.23. The van der Waals surface area contributed by atoms with Crippen molar-refractivity contribution < 1.29 is 14.7 Å². The van der Waals surface area contributed by atoms with E-state index in [-0.39, 0.29) is 12.8 Å². The molecular formula is C5H9N2O3. The molecule has 0 aliphatic carbocycles. The van der Waals surface area contributed by atoms with Crippen molar-refractivity contribution in [3.63, 3.8) is 0 Å². The summed E-state index contributed by atoms with van der Waals surface area (Å²) in [4.78, 5) is 20.0. The van der Waals surface area contributed by atoms with Crippen molar-refractivity contribution in [2.75, 3.05) is 0 Å². The highest BCUT2D eigenvalue weighted by molar-refractivity contribution is 5.76. The predicted molar refractivity (Wildman–Crippen MR) is 32.9 cm³/mol. The zero-order valence-electron chi connectivity index (χ0n) is 5.33. The summed E-state index contributed by atoms with van der Waals surface area (Å²) in [6.45, 7) is 0. The molecule has 10 heavy (non-hydrogen) atoms. The maximum absolute atomic E-state index is 10.1. The molecule has 0 fully saturated rings. The molecule has 1 radical (unpaired) electrons. The fraction of sp³-hybridized carbons (Fsp3) is 0.600. The highest BCUT2D eigenvalue weighted by atomic mass is 16.4. The van der Waals surface area contributed by atoms with Gasteiger partial charge in [-0.2, -0.15) is 0 Å². The number of hydrogen-bond donors (Lipinski definition) is 2. The van der Waals surface area contributed by atoms with Crippen LogP contribution in [0.2, 0.25) is 0 Å². The standard InChI is InChI=1S/C5H9N2O3/c6-3(5(9)10)1-2-4(7)8/h3,6H,1-2H2,(H2,7,8)(H,9,10)/t3-/m0/s1. The van der Waals surface area contributed by atoms with E-state index in [0.717, 1.165) is 0 Å². The van der Waals surface area contributed by atoms with Crippen molar-refractivity contribution in [3.05, 3.63) is 0 Å². The van der Waals surface area contributed by atoms with Crippen molar-refractivity contribution in [1.82, 2.24) is 5.73 Å². The van der Waals surface area contributed by atoms with Gasteiger partial charge in [-0.05, 0) is 6.42 Å². The molecule has 0 saturated carbocycles. The lowest BCUT2D eigenvalue weighted by atomic mass is 10.2. The summed E-state index contributed by atoms with van der Waals surface area (Å²) in [7, 11) is 0. The number of nitrogens with one attached hydrogen (secondary N) is 1. The van der Waals surface area contributed by atoms with Gasteiger partial charge in [-0.15, -0.1) is 0 Å². The molecule has 5 nitrogen and oxygen atoms in total. The normalized spacial score (nSPS) is 12.5. The zero-order valence-corrected chi connectivity index (χ0v) is 5.33. The average Bonchev–Trinajstić information content (AvgIpc) is 1.82. The van der Waals surface area contributed by atoms with Crippen molar-refractivity contribution in [2.24, 2.45) is 5.73 Å². The molecule has 5 heteroatoms. The number of primary amides is 1. The van der Waals surface area contributed by atoms with E-state index in [1.807, 2.05) is 0 Å². The molecule has 0 aliphatic heterocycles. The third-order valence-electron chi connectivity index (χ3n) is 0.978. The highest BCUT2D eigenvalue weighted by Crippen LogP contribution is 1.94. The van der Waals surface area contributed by atoms with Crippen molar-refractivity contribution in [3.8, 4) is 0 Å². The highest BCUT2D eigenvalue weighted by Gasteiger charge is 2.12. The summed E-state index contributed by atoms with van der Waals surface area (Å²) in [5, 5.41) is 8.16. The lowest BCUT2D eigenvalue weighted by molar-refractivity contribution is -0.138. The van der Waals surface area contributed by atoms with E-state index in [1.54, 1.807) is 0 Å². The molecule has 0 aromatic heterocycles. The Morgan fingerprint density at radius 2 is 2.10 bits per heavy atom. The number of carbonyl (C=O) groups is 2. The van der Waals surface area contributed by atoms with Crippen molar-refractivity contribution in [1.29, 1.82) is 0 Å². The molecule has 0 aromatic rings. The Bertz CT molecular complexity index is 146. The van der Waals surface area contributed by atoms with Gasteiger partial charge in [0.05, 0.1) is 0 Å². The Morgan fingerprint density at radius 3 is 2.40 bits per heavy atom. The van der Waals surface area contributed by atoms with Crippen LogP contribution in [0.15, 0.2) is 0 Å². The molecule has 0 rings (SSSR count). The number of hydrogen-bond acceptors (Lipinski definition) is 2. The monoisotopic (exact) mass is 145 g/mol. The van der Waals surface area contributed by atoms with Crippen LogP contribution in [0.4, 0.5) is 0 Å². The average molecular weight is 145 g/mol. The third kappa shape index (κ3) is 3.85. The van der Waals surface area contributed by atoms with Gasteiger partial charge in [-0.1, -0.05) is 0 Å². The molecule has 0 aromatic carbocycles. The Labute approximate surface area is 58.0 Å². The van der Waals surface area contributed by atoms with Crippen LogP contribution in [0.3, 0.4) is 0 Å². The summed E-state index contributed by atoms with van der Waals surface area (Å²) in [6.07, 6.45) is -0.0505. The number of carboxylic acids is 1. The molecule has 0 heterocycles. The maximum atomic E-state index is 10.1. The fourth-order valence-electron chi connectivity index (χ4n) is 0.410. The van der Waals surface area contributed by atoms with Gasteiger partial charge < -0.3 is 10.8 Å². The van der Waals surface area contributed by atoms with E-state index in [1.165, 1.54) is 0 Å². The van der Waals surface area contributed by atoms with Crippen LogP contribution in [0.25, 0.3) is 0 Å². The third-order valence-corrected chi connectivity index (χ3v) is 0.978. The SMILES string of the molecule is [NH][C@@H](CCC(N)=O)C(=O)O. The van der Waals surface area contributed by atoms with Crippen molar-refractivity contribution >= 4 is 11.9 Å². The molecule has 1 atom stereocenters. The first-order chi connectivity index (χ1) is 4.54. The lowest BCUT2D eigenvalue weighted by Crippen LogP contribution is -2.23. The van der Waals surface area contributed by atoms with Gasteiger partial charge in [0.1, 0.15) is 6.04 Å². The quantitative estimate of drug-likeness (QED) is 0.529. The minimum Gasteiger partial charge on any atom is -0.480 e. The Balaban J connectivity index is 3.49. The Kier molecular flexibility index (Phi) is 3.42. The number of carbonyl (C=O) groups excluding carboxylic acids is 1. The van der Waals surface area contributed by atoms with E-state index in [9.17, 15) is 9.59 Å². The molecule has 0 aliphatic rings. The van der Waals surface area contributed by atoms with Crippen LogP contribution in [0.5, 0.6) is 0 Å². The molecule has 0 bridgehead atoms. The first-order valence-electron chi connectivity index (χ1n) is 2.76. The summed E-state index contributed by atoms with van der Waals surface area (Å²) in [5.41, 5.74) is 11.5. The molecule has 1 amide bonds. The predicted octanol–water partition coefficient (Wildman–Crippen LogP) is -1.01. The minimum absolute atomic E-state index is 0.00926. The fourth-order valence-corrected chi connectivity index (χ4v) is 0.410. The van der Waals surface area contributed by atoms with Crippen LogP contribution < -0.4 is 11.5 Å². The summed E-state index contributed by atoms with van der Waals surface area (Å²) in [5.74, 6) is -1.79. The second-order valence-corrected chi connectivity index (χ2v) is 1.90. The van der Waals surface area contributed by atoms with Crippen LogP contribution in [0.1, 0.15) is 12.8 Å². The van der Waals surface area contributed by atoms with E-state index < -0.39 is 17.9 Å². The van der Waals surface area contributed by atoms with Gasteiger partial charge in [-0.25, -0.2) is 5.73 Å². The zero-order chi connectivity index (χ0) is 8.15. The van der Waals surface area contributed by atoms with E-state index >= 15 is 0 Å². The number of nitrogens with two attached hydrogens (primary N) is 1. The smallest absolute Gasteiger partial charge is 0.322 e. The van der Waals surface area contributed by atoms with Crippen LogP contribution >= 0.6 is 0 Å². The molecular weight excluding hydrogens is 136 g/mol. The Hall–Kier alpha value is -1.10. The first kappa shape index (κ1) is 8.90. The molecule has 0 spiro atoms. The van der Waals surface area contributed by atoms with E-state index in [4.69, 9.17) is 16.6 Å². The van der Waals surface area contributed by atoms with Crippen LogP contribution in [-0.2, 0) is 9.59 Å². The number of rotatable bonds is 4. The van der Waals surface area contributed by atoms with Gasteiger partial charge in [0.25, 0.3) is 0 Å². The number of carboxylic acid groups (broad SMARTS) is 1. The van der Waals surface area contributed by atoms with Gasteiger partial charge in [0.2, 0.25) is 5.91 Å². The lowest BCUT2D eigenvalue weighted by Gasteiger charge is -2.00. The first-order valence-corrected chi connectivity index (χ1v) is 2.76. The van der Waals surface area contributed by atoms with Gasteiger partial charge in [-0.3, -0.25) is 9.59 Å².